The minimum Gasteiger partial charge on any atom is 0 e. The monoisotopic (exact) mass is 549 g/mol. The summed E-state index contributed by atoms with van der Waals surface area (Å²) in [4.78, 5) is 0. The van der Waals surface area contributed by atoms with Crippen molar-refractivity contribution in [2.75, 3.05) is 0 Å². The Balaban J connectivity index is 0. The minimum absolute atomic E-state index is 0. The number of rotatable bonds is 0. The van der Waals surface area contributed by atoms with Crippen molar-refractivity contribution in [2.24, 2.45) is 0 Å². The molecule has 0 aromatic heterocycles. The molecule has 0 aromatic carbocycles. The number of hydrogen-bond acceptors (Lipinski definition) is 0. The molecular weight excluding hydrogens is 547 g/mol. The van der Waals surface area contributed by atoms with Crippen LogP contribution in [0.3, 0.4) is 0 Å². The third-order valence-electron chi connectivity index (χ3n) is 0. The maximum atomic E-state index is 0. The molecule has 41 valence electrons. The topological polar surface area (TPSA) is 28.5 Å². The summed E-state index contributed by atoms with van der Waals surface area (Å²) in [6, 6.07) is 0. The molecular formula is BaCuGdOYb. The molecule has 0 aliphatic heterocycles. The zero-order valence-corrected chi connectivity index (χ0v) is 11.4. The first-order chi connectivity index (χ1) is 0. The fraction of sp³-hybridized carbons (Fsp3) is 0. The van der Waals surface area contributed by atoms with Crippen molar-refractivity contribution >= 4 is 48.9 Å². The standard InChI is InChI=1S/Ba.Cu.Gd.O.Yb. The molecule has 0 aliphatic carbocycles. The van der Waals surface area contributed by atoms with Crippen molar-refractivity contribution in [1.29, 1.82) is 0 Å². The first kappa shape index (κ1) is 32.7. The summed E-state index contributed by atoms with van der Waals surface area (Å²) in [5, 5.41) is 0. The Labute approximate surface area is 153 Å². The zero-order chi connectivity index (χ0) is 0. The van der Waals surface area contributed by atoms with E-state index in [1.165, 1.54) is 0 Å². The summed E-state index contributed by atoms with van der Waals surface area (Å²) < 4.78 is 0. The summed E-state index contributed by atoms with van der Waals surface area (Å²) in [5.41, 5.74) is 0. The fourth-order valence-electron chi connectivity index (χ4n) is 0. The van der Waals surface area contributed by atoms with Crippen LogP contribution in [-0.4, -0.2) is 48.9 Å². The average Bonchev–Trinajstić information content (AvgIpc) is 0. The molecule has 0 saturated heterocycles. The number of hydrogen-bond donors (Lipinski definition) is 0. The van der Waals surface area contributed by atoms with Crippen LogP contribution in [0, 0.1) is 86.9 Å². The van der Waals surface area contributed by atoms with Gasteiger partial charge in [0, 0.05) is 158 Å². The van der Waals surface area contributed by atoms with Crippen LogP contribution in [0.2, 0.25) is 0 Å². The van der Waals surface area contributed by atoms with Gasteiger partial charge in [-0.05, 0) is 0 Å². The Morgan fingerprint density at radius 2 is 1.00 bits per heavy atom. The van der Waals surface area contributed by atoms with Gasteiger partial charge in [-0.2, -0.15) is 0 Å². The Kier molecular flexibility index (Phi) is 151. The smallest absolute Gasteiger partial charge is 0 e. The first-order valence-electron chi connectivity index (χ1n) is 0. The maximum absolute atomic E-state index is 0. The molecule has 0 bridgehead atoms. The Morgan fingerprint density at radius 3 is 1.00 bits per heavy atom. The van der Waals surface area contributed by atoms with E-state index in [2.05, 4.69) is 0 Å². The van der Waals surface area contributed by atoms with Gasteiger partial charge >= 0.3 is 0 Å². The Bertz CT molecular complexity index is 11.6. The Morgan fingerprint density at radius 1 is 1.00 bits per heavy atom. The van der Waals surface area contributed by atoms with Crippen molar-refractivity contribution in [1.82, 2.24) is 0 Å². The molecule has 0 fully saturated rings. The van der Waals surface area contributed by atoms with Gasteiger partial charge in [-0.15, -0.1) is 0 Å². The van der Waals surface area contributed by atoms with E-state index in [9.17, 15) is 0 Å². The summed E-state index contributed by atoms with van der Waals surface area (Å²) in [6.45, 7) is 0. The second-order valence-corrected chi connectivity index (χ2v) is 0. The second-order valence-electron chi connectivity index (χ2n) is 0. The molecule has 5 radical (unpaired) electrons. The van der Waals surface area contributed by atoms with Crippen LogP contribution < -0.4 is 0 Å². The average molecular weight is 547 g/mol. The largest absolute Gasteiger partial charge is 0 e. The SMILES string of the molecule is [Ba].[Cu].[Gd].[O].[Yb]. The predicted octanol–water partition coefficient (Wildman–Crippen LogP) is -0.502. The predicted molar refractivity (Wildman–Crippen MR) is 6.44 cm³/mol. The molecule has 1 nitrogen and oxygen atoms in total. The summed E-state index contributed by atoms with van der Waals surface area (Å²) in [6.07, 6.45) is 0. The van der Waals surface area contributed by atoms with Crippen molar-refractivity contribution in [3.8, 4) is 0 Å². The minimum atomic E-state index is 0. The molecule has 5 heavy (non-hydrogen) atoms. The van der Waals surface area contributed by atoms with E-state index in [4.69, 9.17) is 0 Å². The van der Waals surface area contributed by atoms with Crippen molar-refractivity contribution < 1.29 is 109 Å². The van der Waals surface area contributed by atoms with E-state index in [0.717, 1.165) is 0 Å². The third-order valence-corrected chi connectivity index (χ3v) is 0. The van der Waals surface area contributed by atoms with Gasteiger partial charge in [0.15, 0.2) is 0 Å². The van der Waals surface area contributed by atoms with Gasteiger partial charge in [-0.3, -0.25) is 0 Å². The molecule has 0 amide bonds. The molecule has 0 heterocycles. The second kappa shape index (κ2) is 23.1. The summed E-state index contributed by atoms with van der Waals surface area (Å²) in [5.74, 6) is 0. The zero-order valence-electron chi connectivity index (χ0n) is 2.04. The van der Waals surface area contributed by atoms with Gasteiger partial charge in [0.05, 0.1) is 0 Å². The van der Waals surface area contributed by atoms with Gasteiger partial charge < -0.3 is 0 Å². The van der Waals surface area contributed by atoms with E-state index in [1.807, 2.05) is 0 Å². The van der Waals surface area contributed by atoms with Crippen LogP contribution >= 0.6 is 0 Å². The van der Waals surface area contributed by atoms with Crippen LogP contribution in [0.25, 0.3) is 0 Å². The van der Waals surface area contributed by atoms with Crippen molar-refractivity contribution in [3.63, 3.8) is 0 Å². The third kappa shape index (κ3) is 17.6. The molecule has 5 heteroatoms. The molecule has 0 aromatic rings. The van der Waals surface area contributed by atoms with Crippen LogP contribution in [0.15, 0.2) is 0 Å². The molecule has 0 rings (SSSR count). The van der Waals surface area contributed by atoms with E-state index in [-0.39, 0.29) is 158 Å². The van der Waals surface area contributed by atoms with Gasteiger partial charge in [0.2, 0.25) is 0 Å². The van der Waals surface area contributed by atoms with Crippen LogP contribution in [0.4, 0.5) is 0 Å². The van der Waals surface area contributed by atoms with Crippen molar-refractivity contribution in [2.45, 2.75) is 0 Å². The van der Waals surface area contributed by atoms with Crippen LogP contribution in [-0.2, 0) is 22.5 Å². The molecule has 0 spiro atoms. The van der Waals surface area contributed by atoms with Gasteiger partial charge in [-0.1, -0.05) is 0 Å². The Hall–Kier alpha value is 4.90. The normalized spacial score (nSPS) is 0. The van der Waals surface area contributed by atoms with Crippen LogP contribution in [0.1, 0.15) is 0 Å². The molecule has 0 saturated carbocycles. The molecule has 0 unspecified atom stereocenters. The van der Waals surface area contributed by atoms with E-state index in [1.54, 1.807) is 0 Å². The maximum Gasteiger partial charge on any atom is 0 e. The fourth-order valence-corrected chi connectivity index (χ4v) is 0. The van der Waals surface area contributed by atoms with Gasteiger partial charge in [0.25, 0.3) is 0 Å². The first-order valence-corrected chi connectivity index (χ1v) is 0. The van der Waals surface area contributed by atoms with Gasteiger partial charge in [0.1, 0.15) is 0 Å². The summed E-state index contributed by atoms with van der Waals surface area (Å²) >= 11 is 0. The van der Waals surface area contributed by atoms with E-state index in [0.29, 0.717) is 0 Å². The molecule has 0 atom stereocenters. The molecule has 0 aliphatic rings. The quantitative estimate of drug-likeness (QED) is 0.367. The van der Waals surface area contributed by atoms with E-state index >= 15 is 0 Å². The van der Waals surface area contributed by atoms with Crippen molar-refractivity contribution in [3.05, 3.63) is 0 Å². The van der Waals surface area contributed by atoms with Crippen LogP contribution in [0.5, 0.6) is 0 Å². The summed E-state index contributed by atoms with van der Waals surface area (Å²) in [7, 11) is 0. The van der Waals surface area contributed by atoms with E-state index < -0.39 is 0 Å². The van der Waals surface area contributed by atoms with Gasteiger partial charge in [-0.25, -0.2) is 0 Å². The molecule has 0 N–H and O–H groups in total.